The van der Waals surface area contributed by atoms with Crippen LogP contribution in [-0.4, -0.2) is 31.1 Å². The Morgan fingerprint density at radius 1 is 1.00 bits per heavy atom. The minimum atomic E-state index is 0.593. The van der Waals surface area contributed by atoms with Crippen LogP contribution in [0.15, 0.2) is 0 Å². The Balaban J connectivity index is 1.99. The molecular formula is C13H28N2. The lowest BCUT2D eigenvalue weighted by atomic mass is 9.82. The molecule has 0 aromatic rings. The Labute approximate surface area is 95.2 Å². The second-order valence-electron chi connectivity index (χ2n) is 5.71. The summed E-state index contributed by atoms with van der Waals surface area (Å²) in [6.07, 6.45) is 7.98. The van der Waals surface area contributed by atoms with Gasteiger partial charge in [0.25, 0.3) is 0 Å². The van der Waals surface area contributed by atoms with Gasteiger partial charge in [-0.25, -0.2) is 0 Å². The Morgan fingerprint density at radius 3 is 2.20 bits per heavy atom. The predicted molar refractivity (Wildman–Crippen MR) is 67.0 cm³/mol. The molecule has 2 N–H and O–H groups in total. The third-order valence-electron chi connectivity index (χ3n) is 3.64. The summed E-state index contributed by atoms with van der Waals surface area (Å²) in [5.41, 5.74) is 6.07. The Bertz CT molecular complexity index is 156. The van der Waals surface area contributed by atoms with Crippen LogP contribution >= 0.6 is 0 Å². The molecule has 2 nitrogen and oxygen atoms in total. The zero-order valence-electron chi connectivity index (χ0n) is 10.6. The van der Waals surface area contributed by atoms with E-state index in [4.69, 9.17) is 5.73 Å². The van der Waals surface area contributed by atoms with Gasteiger partial charge in [0, 0.05) is 0 Å². The molecule has 0 aromatic carbocycles. The van der Waals surface area contributed by atoms with Crippen molar-refractivity contribution in [2.45, 2.75) is 52.4 Å². The fourth-order valence-electron chi connectivity index (χ4n) is 2.22. The van der Waals surface area contributed by atoms with Gasteiger partial charge in [0.1, 0.15) is 0 Å². The zero-order valence-corrected chi connectivity index (χ0v) is 10.6. The van der Waals surface area contributed by atoms with Gasteiger partial charge in [0.2, 0.25) is 0 Å². The summed E-state index contributed by atoms with van der Waals surface area (Å²) in [5.74, 6) is 0. The van der Waals surface area contributed by atoms with Gasteiger partial charge < -0.3 is 10.6 Å². The topological polar surface area (TPSA) is 29.3 Å². The van der Waals surface area contributed by atoms with Crippen molar-refractivity contribution in [3.05, 3.63) is 0 Å². The van der Waals surface area contributed by atoms with Crippen molar-refractivity contribution in [1.29, 1.82) is 0 Å². The third-order valence-corrected chi connectivity index (χ3v) is 3.64. The quantitative estimate of drug-likeness (QED) is 0.686. The highest BCUT2D eigenvalue weighted by Gasteiger charge is 2.24. The van der Waals surface area contributed by atoms with E-state index in [1.165, 1.54) is 58.2 Å². The van der Waals surface area contributed by atoms with Gasteiger partial charge in [-0.1, -0.05) is 26.7 Å². The van der Waals surface area contributed by atoms with Gasteiger partial charge in [-0.3, -0.25) is 0 Å². The van der Waals surface area contributed by atoms with Crippen LogP contribution < -0.4 is 5.73 Å². The highest BCUT2D eigenvalue weighted by atomic mass is 15.1. The van der Waals surface area contributed by atoms with Crippen LogP contribution in [0.25, 0.3) is 0 Å². The molecule has 15 heavy (non-hydrogen) atoms. The molecular weight excluding hydrogens is 184 g/mol. The van der Waals surface area contributed by atoms with Crippen LogP contribution in [-0.2, 0) is 0 Å². The van der Waals surface area contributed by atoms with Crippen molar-refractivity contribution in [3.8, 4) is 0 Å². The maximum atomic E-state index is 5.47. The van der Waals surface area contributed by atoms with Crippen molar-refractivity contribution in [1.82, 2.24) is 4.90 Å². The fraction of sp³-hybridized carbons (Fsp3) is 1.00. The largest absolute Gasteiger partial charge is 0.330 e. The lowest BCUT2D eigenvalue weighted by Crippen LogP contribution is -2.37. The van der Waals surface area contributed by atoms with Gasteiger partial charge in [-0.05, 0) is 57.3 Å². The first-order chi connectivity index (χ1) is 7.14. The van der Waals surface area contributed by atoms with Crippen LogP contribution in [0.5, 0.6) is 0 Å². The summed E-state index contributed by atoms with van der Waals surface area (Å²) < 4.78 is 0. The van der Waals surface area contributed by atoms with Crippen molar-refractivity contribution in [2.75, 3.05) is 26.2 Å². The van der Waals surface area contributed by atoms with E-state index in [1.807, 2.05) is 0 Å². The molecule has 0 amide bonds. The zero-order chi connectivity index (χ0) is 11.1. The van der Waals surface area contributed by atoms with Gasteiger partial charge in [0.05, 0.1) is 0 Å². The molecule has 0 spiro atoms. The minimum Gasteiger partial charge on any atom is -0.330 e. The highest BCUT2D eigenvalue weighted by Crippen LogP contribution is 2.29. The summed E-state index contributed by atoms with van der Waals surface area (Å²) in [5, 5.41) is 0. The average molecular weight is 212 g/mol. The van der Waals surface area contributed by atoms with Gasteiger partial charge in [0.15, 0.2) is 0 Å². The molecule has 1 fully saturated rings. The maximum absolute atomic E-state index is 5.47. The second-order valence-corrected chi connectivity index (χ2v) is 5.71. The summed E-state index contributed by atoms with van der Waals surface area (Å²) in [6, 6.07) is 0. The van der Waals surface area contributed by atoms with Gasteiger partial charge >= 0.3 is 0 Å². The molecule has 0 unspecified atom stereocenters. The number of likely N-dealkylation sites (tertiary alicyclic amines) is 1. The molecule has 1 aliphatic heterocycles. The normalized spacial score (nSPS) is 21.8. The van der Waals surface area contributed by atoms with Crippen LogP contribution in [0.2, 0.25) is 0 Å². The molecule has 0 aliphatic carbocycles. The van der Waals surface area contributed by atoms with Crippen LogP contribution in [0.3, 0.4) is 0 Å². The SMILES string of the molecule is CC1(C)CCN(CCCCCCN)CC1. The van der Waals surface area contributed by atoms with E-state index in [1.54, 1.807) is 0 Å². The van der Waals surface area contributed by atoms with Gasteiger partial charge in [-0.2, -0.15) is 0 Å². The van der Waals surface area contributed by atoms with E-state index >= 15 is 0 Å². The molecule has 90 valence electrons. The molecule has 1 heterocycles. The van der Waals surface area contributed by atoms with E-state index in [9.17, 15) is 0 Å². The molecule has 0 aromatic heterocycles. The molecule has 0 saturated carbocycles. The number of piperidine rings is 1. The molecule has 1 rings (SSSR count). The lowest BCUT2D eigenvalue weighted by molar-refractivity contribution is 0.131. The summed E-state index contributed by atoms with van der Waals surface area (Å²) in [7, 11) is 0. The molecule has 2 heteroatoms. The first kappa shape index (κ1) is 13.0. The summed E-state index contributed by atoms with van der Waals surface area (Å²) >= 11 is 0. The van der Waals surface area contributed by atoms with E-state index in [-0.39, 0.29) is 0 Å². The van der Waals surface area contributed by atoms with Crippen molar-refractivity contribution >= 4 is 0 Å². The minimum absolute atomic E-state index is 0.593. The number of nitrogens with two attached hydrogens (primary N) is 1. The van der Waals surface area contributed by atoms with E-state index < -0.39 is 0 Å². The molecule has 0 bridgehead atoms. The van der Waals surface area contributed by atoms with Crippen LogP contribution in [0, 0.1) is 5.41 Å². The number of hydrogen-bond donors (Lipinski definition) is 1. The fourth-order valence-corrected chi connectivity index (χ4v) is 2.22. The number of hydrogen-bond acceptors (Lipinski definition) is 2. The maximum Gasteiger partial charge on any atom is -0.00136 e. The number of rotatable bonds is 6. The number of nitrogens with zero attached hydrogens (tertiary/aromatic N) is 1. The average Bonchev–Trinajstić information content (AvgIpc) is 2.20. The molecule has 0 radical (unpaired) electrons. The Kier molecular flexibility index (Phi) is 5.62. The first-order valence-corrected chi connectivity index (χ1v) is 6.56. The van der Waals surface area contributed by atoms with Crippen LogP contribution in [0.4, 0.5) is 0 Å². The van der Waals surface area contributed by atoms with Gasteiger partial charge in [-0.15, -0.1) is 0 Å². The second kappa shape index (κ2) is 6.49. The van der Waals surface area contributed by atoms with E-state index in [2.05, 4.69) is 18.7 Å². The Morgan fingerprint density at radius 2 is 1.60 bits per heavy atom. The van der Waals surface area contributed by atoms with Crippen molar-refractivity contribution in [3.63, 3.8) is 0 Å². The third kappa shape index (κ3) is 5.53. The smallest absolute Gasteiger partial charge is 0.00136 e. The van der Waals surface area contributed by atoms with Crippen molar-refractivity contribution in [2.24, 2.45) is 11.1 Å². The van der Waals surface area contributed by atoms with Crippen molar-refractivity contribution < 1.29 is 0 Å². The Hall–Kier alpha value is -0.0800. The molecule has 1 saturated heterocycles. The molecule has 0 atom stereocenters. The van der Waals surface area contributed by atoms with E-state index in [0.29, 0.717) is 5.41 Å². The summed E-state index contributed by atoms with van der Waals surface area (Å²) in [4.78, 5) is 2.63. The first-order valence-electron chi connectivity index (χ1n) is 6.56. The standard InChI is InChI=1S/C13H28N2/c1-13(2)7-11-15(12-8-13)10-6-4-3-5-9-14/h3-12,14H2,1-2H3. The highest BCUT2D eigenvalue weighted by molar-refractivity contribution is 4.78. The van der Waals surface area contributed by atoms with Crippen LogP contribution in [0.1, 0.15) is 52.4 Å². The number of unbranched alkanes of at least 4 members (excludes halogenated alkanes) is 3. The molecule has 1 aliphatic rings. The predicted octanol–water partition coefficient (Wildman–Crippen LogP) is 2.63. The monoisotopic (exact) mass is 212 g/mol. The lowest BCUT2D eigenvalue weighted by Gasteiger charge is -2.36. The summed E-state index contributed by atoms with van der Waals surface area (Å²) in [6.45, 7) is 9.57. The van der Waals surface area contributed by atoms with E-state index in [0.717, 1.165) is 6.54 Å².